The van der Waals surface area contributed by atoms with Crippen molar-refractivity contribution in [2.24, 2.45) is 0 Å². The van der Waals surface area contributed by atoms with Crippen LogP contribution in [0, 0.1) is 6.92 Å². The lowest BCUT2D eigenvalue weighted by Crippen LogP contribution is -2.35. The molecule has 26 heavy (non-hydrogen) atoms. The van der Waals surface area contributed by atoms with Crippen LogP contribution in [0.2, 0.25) is 5.02 Å². The summed E-state index contributed by atoms with van der Waals surface area (Å²) >= 11 is 5.83. The average molecular weight is 372 g/mol. The lowest BCUT2D eigenvalue weighted by molar-refractivity contribution is 0.0771. The Morgan fingerprint density at radius 1 is 1.23 bits per heavy atom. The number of halogens is 1. The third-order valence-corrected chi connectivity index (χ3v) is 4.19. The van der Waals surface area contributed by atoms with E-state index in [0.717, 1.165) is 5.56 Å². The standard InChI is InChI=1S/C19H18ClN3O3/c1-13-3-8-17-21-11-16(19(25)23(17)12-13)18(24)22(2)9-10-26-15-6-4-14(20)5-7-15/h3-8,11-12H,9-10H2,1-2H3. The molecule has 0 radical (unpaired) electrons. The fourth-order valence-corrected chi connectivity index (χ4v) is 2.59. The first-order valence-corrected chi connectivity index (χ1v) is 8.45. The Labute approximate surface area is 155 Å². The number of hydrogen-bond donors (Lipinski definition) is 0. The molecule has 2 aromatic heterocycles. The highest BCUT2D eigenvalue weighted by molar-refractivity contribution is 6.30. The number of carbonyl (C=O) groups is 1. The van der Waals surface area contributed by atoms with Crippen LogP contribution >= 0.6 is 11.6 Å². The number of likely N-dealkylation sites (N-methyl/N-ethyl adjacent to an activating group) is 1. The number of benzene rings is 1. The van der Waals surface area contributed by atoms with Crippen LogP contribution in [0.1, 0.15) is 15.9 Å². The molecule has 3 aromatic rings. The third kappa shape index (κ3) is 3.86. The van der Waals surface area contributed by atoms with Crippen LogP contribution in [0.25, 0.3) is 5.65 Å². The number of carbonyl (C=O) groups excluding carboxylic acids is 1. The van der Waals surface area contributed by atoms with Crippen molar-refractivity contribution >= 4 is 23.2 Å². The largest absolute Gasteiger partial charge is 0.492 e. The van der Waals surface area contributed by atoms with E-state index < -0.39 is 5.91 Å². The minimum absolute atomic E-state index is 0.0297. The van der Waals surface area contributed by atoms with Gasteiger partial charge in [0.1, 0.15) is 23.6 Å². The van der Waals surface area contributed by atoms with E-state index in [0.29, 0.717) is 29.6 Å². The summed E-state index contributed by atoms with van der Waals surface area (Å²) in [5.74, 6) is 0.274. The van der Waals surface area contributed by atoms with E-state index in [9.17, 15) is 9.59 Å². The topological polar surface area (TPSA) is 63.9 Å². The molecule has 0 aliphatic heterocycles. The van der Waals surface area contributed by atoms with Gasteiger partial charge < -0.3 is 9.64 Å². The highest BCUT2D eigenvalue weighted by Gasteiger charge is 2.17. The van der Waals surface area contributed by atoms with Gasteiger partial charge >= 0.3 is 0 Å². The first kappa shape index (κ1) is 17.9. The van der Waals surface area contributed by atoms with E-state index >= 15 is 0 Å². The molecule has 0 aliphatic rings. The maximum atomic E-state index is 12.6. The van der Waals surface area contributed by atoms with Gasteiger partial charge in [0.05, 0.1) is 6.54 Å². The van der Waals surface area contributed by atoms with Crippen molar-refractivity contribution in [2.45, 2.75) is 6.92 Å². The van der Waals surface area contributed by atoms with Crippen LogP contribution in [0.4, 0.5) is 0 Å². The van der Waals surface area contributed by atoms with Crippen molar-refractivity contribution in [3.63, 3.8) is 0 Å². The second-order valence-electron chi connectivity index (χ2n) is 5.94. The van der Waals surface area contributed by atoms with Crippen molar-refractivity contribution in [1.82, 2.24) is 14.3 Å². The number of nitrogens with zero attached hydrogens (tertiary/aromatic N) is 3. The number of ether oxygens (including phenoxy) is 1. The van der Waals surface area contributed by atoms with Crippen molar-refractivity contribution in [3.8, 4) is 5.75 Å². The SMILES string of the molecule is Cc1ccc2ncc(C(=O)N(C)CCOc3ccc(Cl)cc3)c(=O)n2c1. The lowest BCUT2D eigenvalue weighted by Gasteiger charge is -2.17. The Balaban J connectivity index is 1.70. The number of aromatic nitrogens is 2. The third-order valence-electron chi connectivity index (χ3n) is 3.94. The molecule has 0 spiro atoms. The Bertz CT molecular complexity index is 999. The molecule has 134 valence electrons. The predicted octanol–water partition coefficient (Wildman–Crippen LogP) is 2.81. The van der Waals surface area contributed by atoms with Crippen LogP contribution in [0.5, 0.6) is 5.75 Å². The Hall–Kier alpha value is -2.86. The zero-order valence-corrected chi connectivity index (χ0v) is 15.2. The van der Waals surface area contributed by atoms with Gasteiger partial charge in [-0.3, -0.25) is 14.0 Å². The van der Waals surface area contributed by atoms with Gasteiger partial charge in [0.15, 0.2) is 0 Å². The van der Waals surface area contributed by atoms with Crippen molar-refractivity contribution in [2.75, 3.05) is 20.2 Å². The molecule has 0 aliphatic carbocycles. The summed E-state index contributed by atoms with van der Waals surface area (Å²) in [7, 11) is 1.62. The maximum absolute atomic E-state index is 12.6. The molecule has 0 unspecified atom stereocenters. The number of pyridine rings is 1. The van der Waals surface area contributed by atoms with Crippen LogP contribution in [-0.4, -0.2) is 40.4 Å². The second kappa shape index (κ2) is 7.58. The quantitative estimate of drug-likeness (QED) is 0.691. The molecular formula is C19H18ClN3O3. The lowest BCUT2D eigenvalue weighted by atomic mass is 10.2. The van der Waals surface area contributed by atoms with Crippen LogP contribution in [-0.2, 0) is 0 Å². The van der Waals surface area contributed by atoms with Gasteiger partial charge in [-0.15, -0.1) is 0 Å². The molecule has 0 saturated heterocycles. The normalized spacial score (nSPS) is 10.7. The van der Waals surface area contributed by atoms with E-state index in [1.807, 2.05) is 13.0 Å². The van der Waals surface area contributed by atoms with Crippen LogP contribution in [0.15, 0.2) is 53.6 Å². The Morgan fingerprint density at radius 2 is 1.96 bits per heavy atom. The number of amides is 1. The fourth-order valence-electron chi connectivity index (χ4n) is 2.47. The molecule has 2 heterocycles. The van der Waals surface area contributed by atoms with Crippen molar-refractivity contribution in [3.05, 3.63) is 75.3 Å². The smallest absolute Gasteiger partial charge is 0.270 e. The first-order chi connectivity index (χ1) is 12.5. The summed E-state index contributed by atoms with van der Waals surface area (Å²) in [6.07, 6.45) is 3.00. The molecule has 6 nitrogen and oxygen atoms in total. The van der Waals surface area contributed by atoms with Gasteiger partial charge in [-0.25, -0.2) is 4.98 Å². The van der Waals surface area contributed by atoms with E-state index in [4.69, 9.17) is 16.3 Å². The number of aryl methyl sites for hydroxylation is 1. The molecule has 0 bridgehead atoms. The maximum Gasteiger partial charge on any atom is 0.270 e. The molecule has 3 rings (SSSR count). The number of hydrogen-bond acceptors (Lipinski definition) is 4. The van der Waals surface area contributed by atoms with E-state index in [-0.39, 0.29) is 11.1 Å². The molecule has 0 N–H and O–H groups in total. The minimum atomic E-state index is -0.391. The van der Waals surface area contributed by atoms with Gasteiger partial charge in [-0.05, 0) is 42.8 Å². The second-order valence-corrected chi connectivity index (χ2v) is 6.38. The summed E-state index contributed by atoms with van der Waals surface area (Å²) in [6, 6.07) is 10.6. The molecular weight excluding hydrogens is 354 g/mol. The molecule has 1 amide bonds. The summed E-state index contributed by atoms with van der Waals surface area (Å²) in [4.78, 5) is 30.8. The molecule has 0 atom stereocenters. The summed E-state index contributed by atoms with van der Waals surface area (Å²) in [5.41, 5.74) is 1.07. The zero-order chi connectivity index (χ0) is 18.7. The van der Waals surface area contributed by atoms with E-state index in [1.54, 1.807) is 43.6 Å². The first-order valence-electron chi connectivity index (χ1n) is 8.07. The Morgan fingerprint density at radius 3 is 2.69 bits per heavy atom. The fraction of sp³-hybridized carbons (Fsp3) is 0.211. The van der Waals surface area contributed by atoms with Crippen LogP contribution < -0.4 is 10.3 Å². The van der Waals surface area contributed by atoms with Gasteiger partial charge in [0.25, 0.3) is 11.5 Å². The summed E-state index contributed by atoms with van der Waals surface area (Å²) < 4.78 is 6.97. The average Bonchev–Trinajstić information content (AvgIpc) is 2.63. The minimum Gasteiger partial charge on any atom is -0.492 e. The molecule has 7 heteroatoms. The summed E-state index contributed by atoms with van der Waals surface area (Å²) in [5, 5.41) is 0.629. The van der Waals surface area contributed by atoms with E-state index in [1.165, 1.54) is 15.5 Å². The molecule has 1 aromatic carbocycles. The van der Waals surface area contributed by atoms with Gasteiger partial charge in [0.2, 0.25) is 0 Å². The monoisotopic (exact) mass is 371 g/mol. The van der Waals surface area contributed by atoms with Gasteiger partial charge in [-0.2, -0.15) is 0 Å². The highest BCUT2D eigenvalue weighted by Crippen LogP contribution is 2.15. The molecule has 0 saturated carbocycles. The van der Waals surface area contributed by atoms with Gasteiger partial charge in [-0.1, -0.05) is 17.7 Å². The van der Waals surface area contributed by atoms with Crippen LogP contribution in [0.3, 0.4) is 0 Å². The van der Waals surface area contributed by atoms with E-state index in [2.05, 4.69) is 4.98 Å². The Kier molecular flexibility index (Phi) is 5.23. The van der Waals surface area contributed by atoms with Crippen molar-refractivity contribution < 1.29 is 9.53 Å². The highest BCUT2D eigenvalue weighted by atomic mass is 35.5. The summed E-state index contributed by atoms with van der Waals surface area (Å²) in [6.45, 7) is 2.50. The van der Waals surface area contributed by atoms with Gasteiger partial charge in [0, 0.05) is 24.5 Å². The zero-order valence-electron chi connectivity index (χ0n) is 14.5. The number of rotatable bonds is 5. The predicted molar refractivity (Wildman–Crippen MR) is 100 cm³/mol. The molecule has 0 fully saturated rings. The van der Waals surface area contributed by atoms with Crippen molar-refractivity contribution in [1.29, 1.82) is 0 Å². The number of fused-ring (bicyclic) bond motifs is 1.